The van der Waals surface area contributed by atoms with Gasteiger partial charge in [0.15, 0.2) is 0 Å². The lowest BCUT2D eigenvalue weighted by atomic mass is 10.1. The van der Waals surface area contributed by atoms with Gasteiger partial charge >= 0.3 is 0 Å². The number of anilines is 2. The molecule has 5 rings (SSSR count). The van der Waals surface area contributed by atoms with Gasteiger partial charge in [0.1, 0.15) is 5.70 Å². The molecule has 0 spiro atoms. The molecule has 1 aromatic heterocycles. The summed E-state index contributed by atoms with van der Waals surface area (Å²) in [6.07, 6.45) is 1.65. The largest absolute Gasteiger partial charge is 0.325 e. The van der Waals surface area contributed by atoms with E-state index >= 15 is 0 Å². The fraction of sp³-hybridized carbons (Fsp3) is 0.0606. The molecule has 204 valence electrons. The predicted octanol–water partition coefficient (Wildman–Crippen LogP) is 7.43. The van der Waals surface area contributed by atoms with Gasteiger partial charge in [0.2, 0.25) is 5.91 Å². The molecule has 0 radical (unpaired) electrons. The molecule has 0 bridgehead atoms. The van der Waals surface area contributed by atoms with Crippen LogP contribution in [0.3, 0.4) is 0 Å². The summed E-state index contributed by atoms with van der Waals surface area (Å²) in [6, 6.07) is 31.7. The van der Waals surface area contributed by atoms with E-state index in [0.717, 1.165) is 26.9 Å². The minimum Gasteiger partial charge on any atom is -0.325 e. The lowest BCUT2D eigenvalue weighted by molar-refractivity contribution is -0.115. The molecular weight excluding hydrogens is 551 g/mol. The van der Waals surface area contributed by atoms with E-state index in [9.17, 15) is 14.4 Å². The Morgan fingerprint density at radius 2 is 1.49 bits per heavy atom. The van der Waals surface area contributed by atoms with Crippen LogP contribution in [0.15, 0.2) is 124 Å². The summed E-state index contributed by atoms with van der Waals surface area (Å²) < 4.78 is 0. The van der Waals surface area contributed by atoms with Crippen LogP contribution in [-0.4, -0.2) is 23.0 Å². The van der Waals surface area contributed by atoms with Gasteiger partial charge in [-0.05, 0) is 94.7 Å². The second-order valence-electron chi connectivity index (χ2n) is 9.22. The van der Waals surface area contributed by atoms with Crippen LogP contribution >= 0.6 is 23.1 Å². The molecule has 1 atom stereocenters. The van der Waals surface area contributed by atoms with Crippen molar-refractivity contribution in [2.75, 3.05) is 10.6 Å². The molecule has 0 aliphatic heterocycles. The minimum atomic E-state index is -0.441. The van der Waals surface area contributed by atoms with Crippen LogP contribution in [0.5, 0.6) is 0 Å². The van der Waals surface area contributed by atoms with Crippen molar-refractivity contribution in [1.82, 2.24) is 5.32 Å². The minimum absolute atomic E-state index is 0.0972. The van der Waals surface area contributed by atoms with Crippen molar-refractivity contribution in [3.8, 4) is 0 Å². The normalized spacial score (nSPS) is 12.0. The van der Waals surface area contributed by atoms with Crippen molar-refractivity contribution in [1.29, 1.82) is 0 Å². The fourth-order valence-corrected chi connectivity index (χ4v) is 5.54. The van der Waals surface area contributed by atoms with Gasteiger partial charge in [-0.1, -0.05) is 48.5 Å². The van der Waals surface area contributed by atoms with Crippen LogP contribution in [0.2, 0.25) is 0 Å². The van der Waals surface area contributed by atoms with Gasteiger partial charge in [0.25, 0.3) is 11.8 Å². The maximum Gasteiger partial charge on any atom is 0.272 e. The number of benzene rings is 4. The second-order valence-corrected chi connectivity index (χ2v) is 11.4. The molecular formula is C33H27N3O3S2. The number of carbonyl (C=O) groups excluding carboxylic acids is 3. The molecule has 0 aliphatic carbocycles. The molecule has 3 N–H and O–H groups in total. The highest BCUT2D eigenvalue weighted by Crippen LogP contribution is 2.27. The van der Waals surface area contributed by atoms with Crippen molar-refractivity contribution in [2.45, 2.75) is 17.1 Å². The van der Waals surface area contributed by atoms with Gasteiger partial charge in [0.05, 0.1) is 5.25 Å². The van der Waals surface area contributed by atoms with E-state index in [1.54, 1.807) is 42.5 Å². The summed E-state index contributed by atoms with van der Waals surface area (Å²) in [7, 11) is 0. The average Bonchev–Trinajstić information content (AvgIpc) is 3.51. The maximum atomic E-state index is 13.2. The topological polar surface area (TPSA) is 87.3 Å². The highest BCUT2D eigenvalue weighted by atomic mass is 32.2. The summed E-state index contributed by atoms with van der Waals surface area (Å²) in [5.74, 6) is -0.908. The molecule has 0 saturated heterocycles. The van der Waals surface area contributed by atoms with E-state index in [0.29, 0.717) is 11.3 Å². The van der Waals surface area contributed by atoms with Crippen LogP contribution in [0.1, 0.15) is 22.8 Å². The molecule has 5 aromatic rings. The molecule has 1 heterocycles. The number of rotatable bonds is 9. The van der Waals surface area contributed by atoms with Crippen LogP contribution in [-0.2, 0) is 9.59 Å². The Balaban J connectivity index is 1.21. The molecule has 1 unspecified atom stereocenters. The van der Waals surface area contributed by atoms with Crippen molar-refractivity contribution >= 4 is 69.0 Å². The monoisotopic (exact) mass is 577 g/mol. The number of carbonyl (C=O) groups is 3. The Hall–Kier alpha value is -4.66. The maximum absolute atomic E-state index is 13.2. The number of fused-ring (bicyclic) bond motifs is 1. The van der Waals surface area contributed by atoms with Crippen molar-refractivity contribution < 1.29 is 14.4 Å². The molecule has 3 amide bonds. The van der Waals surface area contributed by atoms with Crippen LogP contribution < -0.4 is 16.0 Å². The first kappa shape index (κ1) is 27.9. The average molecular weight is 578 g/mol. The van der Waals surface area contributed by atoms with Crippen LogP contribution in [0, 0.1) is 0 Å². The lowest BCUT2D eigenvalue weighted by Gasteiger charge is -2.14. The zero-order chi connectivity index (χ0) is 28.6. The van der Waals surface area contributed by atoms with E-state index < -0.39 is 5.91 Å². The number of amides is 3. The summed E-state index contributed by atoms with van der Waals surface area (Å²) in [5.41, 5.74) is 2.73. The van der Waals surface area contributed by atoms with E-state index in [1.165, 1.54) is 23.1 Å². The summed E-state index contributed by atoms with van der Waals surface area (Å²) >= 11 is 2.93. The Bertz CT molecular complexity index is 1700. The highest BCUT2D eigenvalue weighted by molar-refractivity contribution is 8.00. The molecule has 0 aliphatic rings. The van der Waals surface area contributed by atoms with Crippen LogP contribution in [0.4, 0.5) is 11.4 Å². The standard InChI is InChI=1S/C33H27N3O3S2/c1-22(31(37)35-28-12-11-24-7-5-6-10-26(24)20-28)41-29-15-13-27(14-16-29)34-33(39)30(19-23-17-18-40-21-23)36-32(38)25-8-3-2-4-9-25/h2-22H,1H3,(H,34,39)(H,35,37)(H,36,38)/b30-19-. The predicted molar refractivity (Wildman–Crippen MR) is 169 cm³/mol. The fourth-order valence-electron chi connectivity index (χ4n) is 4.05. The van der Waals surface area contributed by atoms with Crippen molar-refractivity contribution in [2.24, 2.45) is 0 Å². The highest BCUT2D eigenvalue weighted by Gasteiger charge is 2.17. The molecule has 4 aromatic carbocycles. The van der Waals surface area contributed by atoms with Gasteiger partial charge in [0, 0.05) is 21.8 Å². The zero-order valence-electron chi connectivity index (χ0n) is 22.2. The first-order chi connectivity index (χ1) is 19.9. The lowest BCUT2D eigenvalue weighted by Crippen LogP contribution is -2.30. The third kappa shape index (κ3) is 7.51. The second kappa shape index (κ2) is 13.1. The molecule has 41 heavy (non-hydrogen) atoms. The third-order valence-electron chi connectivity index (χ3n) is 6.19. The number of hydrogen-bond acceptors (Lipinski definition) is 5. The van der Waals surface area contributed by atoms with Crippen molar-refractivity contribution in [3.05, 3.63) is 131 Å². The number of thioether (sulfide) groups is 1. The molecule has 0 fully saturated rings. The summed E-state index contributed by atoms with van der Waals surface area (Å²) in [4.78, 5) is 39.6. The van der Waals surface area contributed by atoms with Gasteiger partial charge in [-0.25, -0.2) is 0 Å². The van der Waals surface area contributed by atoms with Gasteiger partial charge in [-0.15, -0.1) is 11.8 Å². The smallest absolute Gasteiger partial charge is 0.272 e. The molecule has 6 nitrogen and oxygen atoms in total. The Morgan fingerprint density at radius 3 is 2.22 bits per heavy atom. The van der Waals surface area contributed by atoms with E-state index in [1.807, 2.05) is 84.4 Å². The van der Waals surface area contributed by atoms with Crippen molar-refractivity contribution in [3.63, 3.8) is 0 Å². The van der Waals surface area contributed by atoms with E-state index in [-0.39, 0.29) is 22.8 Å². The van der Waals surface area contributed by atoms with Gasteiger partial charge in [-0.2, -0.15) is 11.3 Å². The van der Waals surface area contributed by atoms with Crippen LogP contribution in [0.25, 0.3) is 16.8 Å². The Kier molecular flexibility index (Phi) is 8.93. The molecule has 8 heteroatoms. The number of nitrogens with one attached hydrogen (secondary N) is 3. The van der Waals surface area contributed by atoms with Gasteiger partial charge in [-0.3, -0.25) is 14.4 Å². The third-order valence-corrected chi connectivity index (χ3v) is 8.01. The Labute approximate surface area is 246 Å². The molecule has 0 saturated carbocycles. The first-order valence-corrected chi connectivity index (χ1v) is 14.7. The van der Waals surface area contributed by atoms with E-state index in [4.69, 9.17) is 0 Å². The zero-order valence-corrected chi connectivity index (χ0v) is 23.8. The first-order valence-electron chi connectivity index (χ1n) is 12.9. The van der Waals surface area contributed by atoms with Gasteiger partial charge < -0.3 is 16.0 Å². The number of thiophene rings is 1. The SMILES string of the molecule is CC(Sc1ccc(NC(=O)/C(=C/c2ccsc2)NC(=O)c2ccccc2)cc1)C(=O)Nc1ccc2ccccc2c1. The van der Waals surface area contributed by atoms with E-state index in [2.05, 4.69) is 16.0 Å². The summed E-state index contributed by atoms with van der Waals surface area (Å²) in [6.45, 7) is 1.85. The summed E-state index contributed by atoms with van der Waals surface area (Å²) in [5, 5.41) is 14.2. The quantitative estimate of drug-likeness (QED) is 0.126. The number of hydrogen-bond donors (Lipinski definition) is 3. The Morgan fingerprint density at radius 1 is 0.780 bits per heavy atom.